The molecule has 9 nitrogen and oxygen atoms in total. The Morgan fingerprint density at radius 2 is 1.50 bits per heavy atom. The van der Waals surface area contributed by atoms with Gasteiger partial charge in [-0.3, -0.25) is 24.1 Å². The number of halogens is 7. The van der Waals surface area contributed by atoms with E-state index in [4.69, 9.17) is 5.11 Å². The molecule has 0 radical (unpaired) electrons. The van der Waals surface area contributed by atoms with Crippen molar-refractivity contribution in [1.29, 1.82) is 0 Å². The maximum absolute atomic E-state index is 13.9. The SMILES string of the molecule is O=C(O)C[C@H](NC(=O)CN1CCN(Cc2cc(F)c(F)cc2F)C(=O)C1)C(=O)COc1c(F)c(F)cc(F)c1F. The molecule has 0 aromatic heterocycles. The number of benzene rings is 2. The monoisotopic (exact) mass is 579 g/mol. The van der Waals surface area contributed by atoms with Crippen LogP contribution >= 0.6 is 0 Å². The number of carbonyl (C=O) groups is 4. The predicted octanol–water partition coefficient (Wildman–Crippen LogP) is 1.91. The Bertz CT molecular complexity index is 1320. The van der Waals surface area contributed by atoms with E-state index < -0.39 is 95.7 Å². The van der Waals surface area contributed by atoms with E-state index in [0.717, 1.165) is 4.90 Å². The largest absolute Gasteiger partial charge is 0.481 e. The highest BCUT2D eigenvalue weighted by Gasteiger charge is 2.30. The van der Waals surface area contributed by atoms with Crippen LogP contribution in [0.15, 0.2) is 18.2 Å². The van der Waals surface area contributed by atoms with Gasteiger partial charge in [0, 0.05) is 37.3 Å². The minimum absolute atomic E-state index is 0.0444. The van der Waals surface area contributed by atoms with Crippen molar-refractivity contribution in [2.45, 2.75) is 19.0 Å². The van der Waals surface area contributed by atoms with E-state index in [0.29, 0.717) is 12.1 Å². The molecule has 16 heteroatoms. The summed E-state index contributed by atoms with van der Waals surface area (Å²) in [5.74, 6) is -17.0. The van der Waals surface area contributed by atoms with Gasteiger partial charge >= 0.3 is 5.97 Å². The van der Waals surface area contributed by atoms with Crippen molar-refractivity contribution in [3.63, 3.8) is 0 Å². The van der Waals surface area contributed by atoms with Crippen LogP contribution in [0.5, 0.6) is 5.75 Å². The minimum Gasteiger partial charge on any atom is -0.481 e. The van der Waals surface area contributed by atoms with E-state index in [-0.39, 0.29) is 37.8 Å². The molecular formula is C24H20F7N3O6. The molecule has 1 aliphatic rings. The number of carboxylic acid groups (broad SMARTS) is 1. The first-order chi connectivity index (χ1) is 18.8. The molecule has 0 aliphatic carbocycles. The van der Waals surface area contributed by atoms with Gasteiger partial charge in [-0.05, 0) is 6.07 Å². The van der Waals surface area contributed by atoms with E-state index in [2.05, 4.69) is 10.1 Å². The highest BCUT2D eigenvalue weighted by atomic mass is 19.2. The lowest BCUT2D eigenvalue weighted by atomic mass is 10.1. The van der Waals surface area contributed by atoms with Crippen molar-refractivity contribution in [3.05, 3.63) is 64.5 Å². The molecule has 1 fully saturated rings. The van der Waals surface area contributed by atoms with Crippen LogP contribution in [0.3, 0.4) is 0 Å². The maximum atomic E-state index is 13.9. The first-order valence-electron chi connectivity index (χ1n) is 11.4. The van der Waals surface area contributed by atoms with Crippen molar-refractivity contribution in [3.8, 4) is 5.75 Å². The number of Topliss-reactive ketones (excluding diaryl/α,β-unsaturated/α-hetero) is 1. The van der Waals surface area contributed by atoms with E-state index in [1.807, 2.05) is 0 Å². The number of piperazine rings is 1. The molecule has 0 unspecified atom stereocenters. The predicted molar refractivity (Wildman–Crippen MR) is 119 cm³/mol. The summed E-state index contributed by atoms with van der Waals surface area (Å²) in [5, 5.41) is 11.1. The Hall–Kier alpha value is -4.21. The zero-order valence-corrected chi connectivity index (χ0v) is 20.3. The van der Waals surface area contributed by atoms with Crippen LogP contribution in [0.4, 0.5) is 30.7 Å². The summed E-state index contributed by atoms with van der Waals surface area (Å²) >= 11 is 0. The number of amides is 2. The van der Waals surface area contributed by atoms with Crippen LogP contribution in [0.25, 0.3) is 0 Å². The van der Waals surface area contributed by atoms with Gasteiger partial charge in [0.25, 0.3) is 0 Å². The van der Waals surface area contributed by atoms with E-state index in [1.165, 1.54) is 4.90 Å². The molecule has 1 aliphatic heterocycles. The molecule has 3 rings (SSSR count). The number of rotatable bonds is 11. The van der Waals surface area contributed by atoms with E-state index in [1.54, 1.807) is 0 Å². The van der Waals surface area contributed by atoms with Crippen LogP contribution in [-0.4, -0.2) is 77.3 Å². The number of ether oxygens (including phenoxy) is 1. The molecule has 2 aromatic carbocycles. The highest BCUT2D eigenvalue weighted by molar-refractivity contribution is 5.93. The van der Waals surface area contributed by atoms with Gasteiger partial charge in [-0.1, -0.05) is 0 Å². The Morgan fingerprint density at radius 1 is 0.900 bits per heavy atom. The number of carbonyl (C=O) groups excluding carboxylic acids is 3. The molecule has 1 saturated heterocycles. The third-order valence-electron chi connectivity index (χ3n) is 5.75. The first kappa shape index (κ1) is 30.3. The number of nitrogens with one attached hydrogen (secondary N) is 1. The average molecular weight is 579 g/mol. The molecule has 2 amide bonds. The van der Waals surface area contributed by atoms with Gasteiger partial charge in [0.2, 0.25) is 23.4 Å². The van der Waals surface area contributed by atoms with Gasteiger partial charge in [0.15, 0.2) is 34.8 Å². The lowest BCUT2D eigenvalue weighted by Crippen LogP contribution is -2.54. The molecule has 1 heterocycles. The molecular weight excluding hydrogens is 559 g/mol. The minimum atomic E-state index is -1.93. The third kappa shape index (κ3) is 7.46. The van der Waals surface area contributed by atoms with Crippen LogP contribution in [-0.2, 0) is 25.7 Å². The lowest BCUT2D eigenvalue weighted by molar-refractivity contribution is -0.140. The summed E-state index contributed by atoms with van der Waals surface area (Å²) in [4.78, 5) is 50.9. The molecule has 0 bridgehead atoms. The molecule has 2 N–H and O–H groups in total. The van der Waals surface area contributed by atoms with Crippen LogP contribution in [0.1, 0.15) is 12.0 Å². The second-order valence-electron chi connectivity index (χ2n) is 8.65. The lowest BCUT2D eigenvalue weighted by Gasteiger charge is -2.34. The first-order valence-corrected chi connectivity index (χ1v) is 11.4. The van der Waals surface area contributed by atoms with Gasteiger partial charge in [-0.15, -0.1) is 0 Å². The zero-order valence-electron chi connectivity index (χ0n) is 20.3. The fourth-order valence-corrected chi connectivity index (χ4v) is 3.73. The summed E-state index contributed by atoms with van der Waals surface area (Å²) in [6.45, 7) is -2.50. The number of hydrogen-bond acceptors (Lipinski definition) is 6. The number of ketones is 1. The normalized spacial score (nSPS) is 14.7. The maximum Gasteiger partial charge on any atom is 0.305 e. The van der Waals surface area contributed by atoms with Crippen molar-refractivity contribution in [2.24, 2.45) is 0 Å². The summed E-state index contributed by atoms with van der Waals surface area (Å²) in [7, 11) is 0. The number of aliphatic carboxylic acids is 1. The van der Waals surface area contributed by atoms with Crippen LogP contribution in [0.2, 0.25) is 0 Å². The van der Waals surface area contributed by atoms with Crippen LogP contribution < -0.4 is 10.1 Å². The Balaban J connectivity index is 1.57. The standard InChI is InChI=1S/C24H20F7N3O6/c25-12-4-14(27)13(26)3-11(12)7-34-2-1-33(9-20(34)37)8-19(36)32-17(6-21(38)39)18(35)10-40-24-22(30)15(28)5-16(29)23(24)31/h3-5,17H,1-2,6-10H2,(H,32,36)(H,38,39)/t17-/m0/s1. The van der Waals surface area contributed by atoms with E-state index >= 15 is 0 Å². The number of nitrogens with zero attached hydrogens (tertiary/aromatic N) is 2. The van der Waals surface area contributed by atoms with Crippen LogP contribution in [0, 0.1) is 40.7 Å². The molecule has 1 atom stereocenters. The topological polar surface area (TPSA) is 116 Å². The Kier molecular flexibility index (Phi) is 9.68. The van der Waals surface area contributed by atoms with Gasteiger partial charge in [0.1, 0.15) is 18.5 Å². The third-order valence-corrected chi connectivity index (χ3v) is 5.75. The molecule has 2 aromatic rings. The average Bonchev–Trinajstić information content (AvgIpc) is 2.86. The summed E-state index contributed by atoms with van der Waals surface area (Å²) in [5.41, 5.74) is -0.267. The van der Waals surface area contributed by atoms with Crippen molar-refractivity contribution >= 4 is 23.6 Å². The molecule has 40 heavy (non-hydrogen) atoms. The Labute approximate surface area is 221 Å². The number of hydrogen-bond donors (Lipinski definition) is 2. The van der Waals surface area contributed by atoms with Gasteiger partial charge < -0.3 is 20.1 Å². The van der Waals surface area contributed by atoms with Gasteiger partial charge in [-0.25, -0.2) is 22.0 Å². The zero-order chi connectivity index (χ0) is 29.7. The second-order valence-corrected chi connectivity index (χ2v) is 8.65. The fourth-order valence-electron chi connectivity index (χ4n) is 3.73. The smallest absolute Gasteiger partial charge is 0.305 e. The summed E-state index contributed by atoms with van der Waals surface area (Å²) < 4.78 is 99.1. The van der Waals surface area contributed by atoms with E-state index in [9.17, 15) is 49.9 Å². The van der Waals surface area contributed by atoms with Gasteiger partial charge in [-0.2, -0.15) is 8.78 Å². The number of carboxylic acids is 1. The highest BCUT2D eigenvalue weighted by Crippen LogP contribution is 2.26. The van der Waals surface area contributed by atoms with Crippen molar-refractivity contribution < 1.29 is 59.8 Å². The Morgan fingerprint density at radius 3 is 2.10 bits per heavy atom. The molecule has 216 valence electrons. The van der Waals surface area contributed by atoms with Crippen molar-refractivity contribution in [2.75, 3.05) is 32.8 Å². The molecule has 0 spiro atoms. The van der Waals surface area contributed by atoms with Crippen molar-refractivity contribution in [1.82, 2.24) is 15.1 Å². The quantitative estimate of drug-likeness (QED) is 0.309. The second kappa shape index (κ2) is 12.8. The summed E-state index contributed by atoms with van der Waals surface area (Å²) in [6.07, 6.45) is -0.983. The summed E-state index contributed by atoms with van der Waals surface area (Å²) in [6, 6.07) is -0.894. The van der Waals surface area contributed by atoms with Gasteiger partial charge in [0.05, 0.1) is 19.5 Å². The fraction of sp³-hybridized carbons (Fsp3) is 0.333. The molecule has 0 saturated carbocycles.